The van der Waals surface area contributed by atoms with Crippen LogP contribution in [0.5, 0.6) is 0 Å². The fourth-order valence-corrected chi connectivity index (χ4v) is 3.52. The van der Waals surface area contributed by atoms with Crippen molar-refractivity contribution in [1.82, 2.24) is 4.90 Å². The van der Waals surface area contributed by atoms with Gasteiger partial charge in [0.1, 0.15) is 6.23 Å². The van der Waals surface area contributed by atoms with Crippen molar-refractivity contribution in [2.24, 2.45) is 5.92 Å². The molecule has 3 atom stereocenters. The van der Waals surface area contributed by atoms with Crippen LogP contribution < -0.4 is 0 Å². The van der Waals surface area contributed by atoms with Crippen LogP contribution in [0.1, 0.15) is 37.5 Å². The molecule has 108 valence electrons. The lowest BCUT2D eigenvalue weighted by atomic mass is 9.83. The zero-order chi connectivity index (χ0) is 14.1. The molecule has 20 heavy (non-hydrogen) atoms. The fourth-order valence-electron chi connectivity index (χ4n) is 3.52. The first-order valence-electron chi connectivity index (χ1n) is 7.24. The number of hydrogen-bond acceptors (Lipinski definition) is 4. The van der Waals surface area contributed by atoms with Gasteiger partial charge in [-0.05, 0) is 43.5 Å². The van der Waals surface area contributed by atoms with Crippen molar-refractivity contribution in [1.29, 1.82) is 0 Å². The molecular formula is C15H20N2O3. The normalized spacial score (nSPS) is 30.8. The zero-order valence-electron chi connectivity index (χ0n) is 11.7. The Morgan fingerprint density at radius 2 is 1.95 bits per heavy atom. The van der Waals surface area contributed by atoms with E-state index in [2.05, 4.69) is 11.9 Å². The number of benzene rings is 1. The van der Waals surface area contributed by atoms with Crippen molar-refractivity contribution in [3.63, 3.8) is 0 Å². The van der Waals surface area contributed by atoms with Crippen molar-refractivity contribution >= 4 is 5.69 Å². The summed E-state index contributed by atoms with van der Waals surface area (Å²) in [6, 6.07) is 7.31. The molecule has 1 aliphatic heterocycles. The van der Waals surface area contributed by atoms with Gasteiger partial charge < -0.3 is 4.74 Å². The van der Waals surface area contributed by atoms with Gasteiger partial charge in [0.05, 0.1) is 11.5 Å². The first-order chi connectivity index (χ1) is 9.66. The van der Waals surface area contributed by atoms with Crippen LogP contribution in [0.2, 0.25) is 0 Å². The third kappa shape index (κ3) is 2.43. The zero-order valence-corrected chi connectivity index (χ0v) is 11.7. The SMILES string of the molecule is CN1[C@@H](c2ccc([N+](=O)[O-])cc2)OC[C@@H]2CCCC[C@H]21. The Morgan fingerprint density at radius 3 is 2.65 bits per heavy atom. The molecule has 1 aliphatic carbocycles. The van der Waals surface area contributed by atoms with E-state index >= 15 is 0 Å². The Kier molecular flexibility index (Phi) is 3.72. The highest BCUT2D eigenvalue weighted by Crippen LogP contribution is 2.38. The molecule has 0 aromatic heterocycles. The summed E-state index contributed by atoms with van der Waals surface area (Å²) in [4.78, 5) is 12.6. The standard InChI is InChI=1S/C15H20N2O3/c1-16-14-5-3-2-4-12(14)10-20-15(16)11-6-8-13(9-7-11)17(18)19/h6-9,12,14-15H,2-5,10H2,1H3/t12-,14+,15+/m0/s1. The second-order valence-electron chi connectivity index (χ2n) is 5.81. The Bertz CT molecular complexity index is 488. The Hall–Kier alpha value is -1.46. The smallest absolute Gasteiger partial charge is 0.269 e. The van der Waals surface area contributed by atoms with Crippen LogP contribution in [0, 0.1) is 16.0 Å². The number of fused-ring (bicyclic) bond motifs is 1. The average Bonchev–Trinajstić information content (AvgIpc) is 2.48. The number of nitrogens with zero attached hydrogens (tertiary/aromatic N) is 2. The summed E-state index contributed by atoms with van der Waals surface area (Å²) in [7, 11) is 2.11. The molecule has 5 nitrogen and oxygen atoms in total. The molecule has 0 spiro atoms. The first kappa shape index (κ1) is 13.5. The quantitative estimate of drug-likeness (QED) is 0.615. The number of hydrogen-bond donors (Lipinski definition) is 0. The molecule has 1 heterocycles. The monoisotopic (exact) mass is 276 g/mol. The molecule has 5 heteroatoms. The molecular weight excluding hydrogens is 256 g/mol. The van der Waals surface area contributed by atoms with Gasteiger partial charge in [-0.25, -0.2) is 0 Å². The highest BCUT2D eigenvalue weighted by Gasteiger charge is 2.37. The van der Waals surface area contributed by atoms with E-state index in [1.807, 2.05) is 12.1 Å². The minimum Gasteiger partial charge on any atom is -0.358 e. The molecule has 0 unspecified atom stereocenters. The fraction of sp³-hybridized carbons (Fsp3) is 0.600. The van der Waals surface area contributed by atoms with Gasteiger partial charge in [-0.15, -0.1) is 0 Å². The van der Waals surface area contributed by atoms with Crippen molar-refractivity contribution in [3.05, 3.63) is 39.9 Å². The van der Waals surface area contributed by atoms with Crippen LogP contribution in [-0.4, -0.2) is 29.5 Å². The van der Waals surface area contributed by atoms with Gasteiger partial charge >= 0.3 is 0 Å². The Labute approximate surface area is 118 Å². The van der Waals surface area contributed by atoms with Gasteiger partial charge in [-0.1, -0.05) is 12.8 Å². The number of non-ortho nitro benzene ring substituents is 1. The minimum absolute atomic E-state index is 0.0739. The van der Waals surface area contributed by atoms with Gasteiger partial charge in [0.15, 0.2) is 0 Å². The number of nitro benzene ring substituents is 1. The van der Waals surface area contributed by atoms with Crippen LogP contribution >= 0.6 is 0 Å². The highest BCUT2D eigenvalue weighted by molar-refractivity contribution is 5.33. The van der Waals surface area contributed by atoms with Gasteiger partial charge in [0.25, 0.3) is 5.69 Å². The maximum Gasteiger partial charge on any atom is 0.269 e. The Morgan fingerprint density at radius 1 is 1.25 bits per heavy atom. The molecule has 2 fully saturated rings. The van der Waals surface area contributed by atoms with Crippen LogP contribution in [0.3, 0.4) is 0 Å². The van der Waals surface area contributed by atoms with Crippen LogP contribution in [-0.2, 0) is 4.74 Å². The molecule has 1 aromatic carbocycles. The first-order valence-corrected chi connectivity index (χ1v) is 7.24. The summed E-state index contributed by atoms with van der Waals surface area (Å²) in [6.45, 7) is 0.802. The van der Waals surface area contributed by atoms with E-state index in [-0.39, 0.29) is 16.8 Å². The molecule has 0 amide bonds. The van der Waals surface area contributed by atoms with Crippen LogP contribution in [0.25, 0.3) is 0 Å². The summed E-state index contributed by atoms with van der Waals surface area (Å²) >= 11 is 0. The van der Waals surface area contributed by atoms with Crippen molar-refractivity contribution in [2.45, 2.75) is 38.0 Å². The van der Waals surface area contributed by atoms with E-state index in [9.17, 15) is 10.1 Å². The number of rotatable bonds is 2. The molecule has 0 radical (unpaired) electrons. The lowest BCUT2D eigenvalue weighted by Crippen LogP contribution is -2.49. The number of ether oxygens (including phenoxy) is 1. The summed E-state index contributed by atoms with van der Waals surface area (Å²) in [5.41, 5.74) is 1.13. The maximum atomic E-state index is 10.7. The van der Waals surface area contributed by atoms with Gasteiger partial charge in [0, 0.05) is 18.2 Å². The lowest BCUT2D eigenvalue weighted by Gasteiger charge is -2.46. The van der Waals surface area contributed by atoms with Crippen molar-refractivity contribution < 1.29 is 9.66 Å². The molecule has 1 aromatic rings. The molecule has 3 rings (SSSR count). The van der Waals surface area contributed by atoms with E-state index < -0.39 is 0 Å². The van der Waals surface area contributed by atoms with E-state index in [0.717, 1.165) is 12.2 Å². The third-order valence-corrected chi connectivity index (χ3v) is 4.62. The molecule has 1 saturated carbocycles. The predicted molar refractivity (Wildman–Crippen MR) is 75.3 cm³/mol. The van der Waals surface area contributed by atoms with Gasteiger partial charge in [-0.2, -0.15) is 0 Å². The molecule has 1 saturated heterocycles. The highest BCUT2D eigenvalue weighted by atomic mass is 16.6. The summed E-state index contributed by atoms with van der Waals surface area (Å²) < 4.78 is 6.00. The van der Waals surface area contributed by atoms with E-state index in [4.69, 9.17) is 4.74 Å². The van der Waals surface area contributed by atoms with E-state index in [1.54, 1.807) is 12.1 Å². The molecule has 0 bridgehead atoms. The summed E-state index contributed by atoms with van der Waals surface area (Å²) in [5.74, 6) is 0.642. The molecule has 2 aliphatic rings. The van der Waals surface area contributed by atoms with Gasteiger partial charge in [0.2, 0.25) is 0 Å². The molecule has 0 N–H and O–H groups in total. The summed E-state index contributed by atoms with van der Waals surface area (Å²) in [5, 5.41) is 10.7. The second kappa shape index (κ2) is 5.50. The Balaban J connectivity index is 1.78. The topological polar surface area (TPSA) is 55.6 Å². The minimum atomic E-state index is -0.369. The van der Waals surface area contributed by atoms with E-state index in [1.165, 1.54) is 25.7 Å². The van der Waals surface area contributed by atoms with Gasteiger partial charge in [-0.3, -0.25) is 15.0 Å². The second-order valence-corrected chi connectivity index (χ2v) is 5.81. The van der Waals surface area contributed by atoms with Crippen molar-refractivity contribution in [3.8, 4) is 0 Å². The van der Waals surface area contributed by atoms with Crippen LogP contribution in [0.15, 0.2) is 24.3 Å². The van der Waals surface area contributed by atoms with E-state index in [0.29, 0.717) is 12.0 Å². The lowest BCUT2D eigenvalue weighted by molar-refractivity contribution is -0.384. The number of nitro groups is 1. The maximum absolute atomic E-state index is 10.7. The average molecular weight is 276 g/mol. The van der Waals surface area contributed by atoms with Crippen LogP contribution in [0.4, 0.5) is 5.69 Å². The largest absolute Gasteiger partial charge is 0.358 e. The predicted octanol–water partition coefficient (Wildman–Crippen LogP) is 3.11. The summed E-state index contributed by atoms with van der Waals surface area (Å²) in [6.07, 6.45) is 5.00. The van der Waals surface area contributed by atoms with Crippen molar-refractivity contribution in [2.75, 3.05) is 13.7 Å². The third-order valence-electron chi connectivity index (χ3n) is 4.62.